The van der Waals surface area contributed by atoms with Crippen LogP contribution in [0, 0.1) is 10.1 Å². The number of hydrogen-bond donors (Lipinski definition) is 1. The summed E-state index contributed by atoms with van der Waals surface area (Å²) in [5.41, 5.74) is 4.72. The molecule has 0 unspecified atom stereocenters. The summed E-state index contributed by atoms with van der Waals surface area (Å²) in [5, 5.41) is 10.8. The van der Waals surface area contributed by atoms with E-state index in [1.165, 1.54) is 12.1 Å². The summed E-state index contributed by atoms with van der Waals surface area (Å²) in [6.45, 7) is 1.43. The van der Waals surface area contributed by atoms with Gasteiger partial charge < -0.3 is 15.2 Å². The van der Waals surface area contributed by atoms with E-state index in [4.69, 9.17) is 10.5 Å². The van der Waals surface area contributed by atoms with E-state index < -0.39 is 17.0 Å². The van der Waals surface area contributed by atoms with Crippen LogP contribution in [-0.4, -0.2) is 23.6 Å². The van der Waals surface area contributed by atoms with E-state index >= 15 is 0 Å². The molecule has 0 fully saturated rings. The molecule has 8 heteroatoms. The molecule has 1 amide bonds. The number of carbonyl (C=O) groups excluding carboxylic acids is 2. The number of rotatable bonds is 5. The molecular weight excluding hydrogens is 256 g/mol. The average Bonchev–Trinajstić information content (AvgIpc) is 2.36. The van der Waals surface area contributed by atoms with Crippen molar-refractivity contribution in [2.24, 2.45) is 5.73 Å². The van der Waals surface area contributed by atoms with Gasteiger partial charge in [-0.25, -0.2) is 9.59 Å². The maximum atomic E-state index is 11.5. The smallest absolute Gasteiger partial charge is 0.404 e. The summed E-state index contributed by atoms with van der Waals surface area (Å²) in [6, 6.07) is 3.65. The molecule has 0 spiro atoms. The number of nitrogens with two attached hydrogens (primary N) is 1. The summed E-state index contributed by atoms with van der Waals surface area (Å²) in [5.74, 6) is -0.613. The van der Waals surface area contributed by atoms with Gasteiger partial charge in [0.2, 0.25) is 0 Å². The van der Waals surface area contributed by atoms with Gasteiger partial charge in [-0.05, 0) is 19.1 Å². The second-order valence-corrected chi connectivity index (χ2v) is 3.43. The molecule has 2 N–H and O–H groups in total. The molecular formula is C11H12N2O6. The van der Waals surface area contributed by atoms with Gasteiger partial charge in [0.1, 0.15) is 6.61 Å². The van der Waals surface area contributed by atoms with Crippen molar-refractivity contribution in [1.82, 2.24) is 0 Å². The zero-order chi connectivity index (χ0) is 14.4. The molecule has 0 aliphatic heterocycles. The van der Waals surface area contributed by atoms with Crippen LogP contribution in [0.2, 0.25) is 0 Å². The van der Waals surface area contributed by atoms with Crippen molar-refractivity contribution < 1.29 is 24.0 Å². The summed E-state index contributed by atoms with van der Waals surface area (Å²) in [6.07, 6.45) is -1.06. The molecule has 0 aliphatic carbocycles. The Balaban J connectivity index is 3.06. The second-order valence-electron chi connectivity index (χ2n) is 3.43. The Kier molecular flexibility index (Phi) is 4.81. The molecule has 0 saturated carbocycles. The van der Waals surface area contributed by atoms with Gasteiger partial charge in [-0.1, -0.05) is 0 Å². The Labute approximate surface area is 108 Å². The first kappa shape index (κ1) is 14.4. The highest BCUT2D eigenvalue weighted by atomic mass is 16.6. The number of amides is 1. The topological polar surface area (TPSA) is 122 Å². The molecule has 0 heterocycles. The Morgan fingerprint density at radius 3 is 2.58 bits per heavy atom. The van der Waals surface area contributed by atoms with Crippen LogP contribution >= 0.6 is 0 Å². The zero-order valence-corrected chi connectivity index (χ0v) is 10.1. The van der Waals surface area contributed by atoms with Crippen molar-refractivity contribution in [3.63, 3.8) is 0 Å². The van der Waals surface area contributed by atoms with Crippen LogP contribution in [-0.2, 0) is 16.1 Å². The molecule has 1 aromatic carbocycles. The van der Waals surface area contributed by atoms with Crippen molar-refractivity contribution in [2.75, 3.05) is 6.61 Å². The van der Waals surface area contributed by atoms with Gasteiger partial charge in [0, 0.05) is 6.07 Å². The number of nitro groups is 1. The lowest BCUT2D eigenvalue weighted by atomic mass is 10.1. The van der Waals surface area contributed by atoms with Crippen LogP contribution in [0.3, 0.4) is 0 Å². The van der Waals surface area contributed by atoms with Gasteiger partial charge in [0.25, 0.3) is 5.69 Å². The van der Waals surface area contributed by atoms with Gasteiger partial charge in [0.15, 0.2) is 0 Å². The monoisotopic (exact) mass is 268 g/mol. The molecule has 8 nitrogen and oxygen atoms in total. The normalized spacial score (nSPS) is 9.74. The first-order valence-corrected chi connectivity index (χ1v) is 5.32. The van der Waals surface area contributed by atoms with E-state index in [1.54, 1.807) is 6.92 Å². The van der Waals surface area contributed by atoms with Crippen LogP contribution in [0.15, 0.2) is 18.2 Å². The first-order chi connectivity index (χ1) is 8.95. The third-order valence-electron chi connectivity index (χ3n) is 2.16. The molecule has 1 rings (SSSR count). The lowest BCUT2D eigenvalue weighted by molar-refractivity contribution is -0.385. The molecule has 19 heavy (non-hydrogen) atoms. The van der Waals surface area contributed by atoms with E-state index in [0.29, 0.717) is 0 Å². The molecule has 0 atom stereocenters. The Hall–Kier alpha value is -2.64. The lowest BCUT2D eigenvalue weighted by Crippen LogP contribution is -2.14. The van der Waals surface area contributed by atoms with Crippen molar-refractivity contribution in [3.05, 3.63) is 39.4 Å². The Bertz CT molecular complexity index is 514. The standard InChI is InChI=1S/C11H12N2O6/c1-2-18-10(14)7-3-4-9(13(16)17)8(5-7)6-19-11(12)15/h3-5H,2,6H2,1H3,(H2,12,15). The molecule has 102 valence electrons. The predicted octanol–water partition coefficient (Wildman–Crippen LogP) is 1.37. The van der Waals surface area contributed by atoms with Crippen LogP contribution < -0.4 is 5.73 Å². The minimum absolute atomic E-state index is 0.0642. The van der Waals surface area contributed by atoms with E-state index in [1.807, 2.05) is 0 Å². The number of carbonyl (C=O) groups is 2. The van der Waals surface area contributed by atoms with Gasteiger partial charge >= 0.3 is 12.1 Å². The second kappa shape index (κ2) is 6.34. The average molecular weight is 268 g/mol. The molecule has 0 saturated heterocycles. The molecule has 0 aromatic heterocycles. The van der Waals surface area contributed by atoms with Gasteiger partial charge in [-0.3, -0.25) is 10.1 Å². The number of nitrogens with zero attached hydrogens (tertiary/aromatic N) is 1. The van der Waals surface area contributed by atoms with Gasteiger partial charge in [-0.2, -0.15) is 0 Å². The van der Waals surface area contributed by atoms with Crippen molar-refractivity contribution in [2.45, 2.75) is 13.5 Å². The number of esters is 1. The maximum Gasteiger partial charge on any atom is 0.404 e. The quantitative estimate of drug-likeness (QED) is 0.488. The fourth-order valence-corrected chi connectivity index (χ4v) is 1.37. The highest BCUT2D eigenvalue weighted by molar-refractivity contribution is 5.90. The third kappa shape index (κ3) is 3.95. The van der Waals surface area contributed by atoms with Crippen molar-refractivity contribution in [3.8, 4) is 0 Å². The predicted molar refractivity (Wildman–Crippen MR) is 63.4 cm³/mol. The summed E-state index contributed by atoms with van der Waals surface area (Å²) >= 11 is 0. The first-order valence-electron chi connectivity index (χ1n) is 5.32. The fourth-order valence-electron chi connectivity index (χ4n) is 1.37. The SMILES string of the molecule is CCOC(=O)c1ccc([N+](=O)[O-])c(COC(N)=O)c1. The molecule has 0 radical (unpaired) electrons. The van der Waals surface area contributed by atoms with E-state index in [-0.39, 0.29) is 30.0 Å². The van der Waals surface area contributed by atoms with E-state index in [0.717, 1.165) is 6.07 Å². The van der Waals surface area contributed by atoms with Crippen LogP contribution in [0.1, 0.15) is 22.8 Å². The zero-order valence-electron chi connectivity index (χ0n) is 10.1. The highest BCUT2D eigenvalue weighted by Crippen LogP contribution is 2.21. The minimum atomic E-state index is -1.06. The van der Waals surface area contributed by atoms with Crippen LogP contribution in [0.5, 0.6) is 0 Å². The van der Waals surface area contributed by atoms with Crippen LogP contribution in [0.4, 0.5) is 10.5 Å². The van der Waals surface area contributed by atoms with Crippen LogP contribution in [0.25, 0.3) is 0 Å². The Morgan fingerprint density at radius 1 is 1.37 bits per heavy atom. The molecule has 0 bridgehead atoms. The number of hydrogen-bond acceptors (Lipinski definition) is 6. The van der Waals surface area contributed by atoms with Gasteiger partial charge in [-0.15, -0.1) is 0 Å². The Morgan fingerprint density at radius 2 is 2.05 bits per heavy atom. The van der Waals surface area contributed by atoms with E-state index in [2.05, 4.69) is 4.74 Å². The summed E-state index contributed by atoms with van der Waals surface area (Å²) < 4.78 is 9.26. The third-order valence-corrected chi connectivity index (χ3v) is 2.16. The van der Waals surface area contributed by atoms with Crippen molar-refractivity contribution in [1.29, 1.82) is 0 Å². The van der Waals surface area contributed by atoms with Crippen molar-refractivity contribution >= 4 is 17.7 Å². The lowest BCUT2D eigenvalue weighted by Gasteiger charge is -2.06. The maximum absolute atomic E-state index is 11.5. The number of ether oxygens (including phenoxy) is 2. The highest BCUT2D eigenvalue weighted by Gasteiger charge is 2.18. The largest absolute Gasteiger partial charge is 0.462 e. The number of primary amides is 1. The number of benzene rings is 1. The molecule has 1 aromatic rings. The minimum Gasteiger partial charge on any atom is -0.462 e. The molecule has 0 aliphatic rings. The van der Waals surface area contributed by atoms with E-state index in [9.17, 15) is 19.7 Å². The summed E-state index contributed by atoms with van der Waals surface area (Å²) in [7, 11) is 0. The number of nitro benzene ring substituents is 1. The fraction of sp³-hybridized carbons (Fsp3) is 0.273. The van der Waals surface area contributed by atoms with Gasteiger partial charge in [0.05, 0.1) is 22.7 Å². The summed E-state index contributed by atoms with van der Waals surface area (Å²) in [4.78, 5) is 32.2.